The zero-order valence-corrected chi connectivity index (χ0v) is 16.1. The molecule has 3 rings (SSSR count). The monoisotopic (exact) mass is 388 g/mol. The van der Waals surface area contributed by atoms with Gasteiger partial charge in [-0.25, -0.2) is 10.2 Å². The summed E-state index contributed by atoms with van der Waals surface area (Å²) < 4.78 is 10.5. The maximum Gasteiger partial charge on any atom is 0.343 e. The second kappa shape index (κ2) is 9.32. The van der Waals surface area contributed by atoms with E-state index in [0.29, 0.717) is 22.6 Å². The van der Waals surface area contributed by atoms with Gasteiger partial charge < -0.3 is 9.47 Å². The fourth-order valence-electron chi connectivity index (χ4n) is 2.62. The summed E-state index contributed by atoms with van der Waals surface area (Å²) in [5.74, 6) is 0.105. The topological polar surface area (TPSA) is 77.0 Å². The number of rotatable bonds is 6. The highest BCUT2D eigenvalue weighted by Gasteiger charge is 2.10. The predicted molar refractivity (Wildman–Crippen MR) is 111 cm³/mol. The molecule has 0 aliphatic heterocycles. The molecule has 3 aromatic carbocycles. The van der Waals surface area contributed by atoms with Gasteiger partial charge in [0.15, 0.2) is 0 Å². The average Bonchev–Trinajstić information content (AvgIpc) is 2.74. The lowest BCUT2D eigenvalue weighted by molar-refractivity contribution is 0.0734. The second-order valence-electron chi connectivity index (χ2n) is 6.23. The minimum Gasteiger partial charge on any atom is -0.496 e. The highest BCUT2D eigenvalue weighted by atomic mass is 16.5. The Labute approximate surface area is 168 Å². The Morgan fingerprint density at radius 3 is 2.45 bits per heavy atom. The summed E-state index contributed by atoms with van der Waals surface area (Å²) in [7, 11) is 1.50. The van der Waals surface area contributed by atoms with E-state index in [0.717, 1.165) is 11.1 Å². The molecule has 6 heteroatoms. The number of carbonyl (C=O) groups excluding carboxylic acids is 2. The number of carbonyl (C=O) groups is 2. The van der Waals surface area contributed by atoms with Gasteiger partial charge in [-0.1, -0.05) is 29.8 Å². The molecule has 0 heterocycles. The quantitative estimate of drug-likeness (QED) is 0.300. The summed E-state index contributed by atoms with van der Waals surface area (Å²) in [4.78, 5) is 24.4. The minimum absolute atomic E-state index is 0.373. The van der Waals surface area contributed by atoms with Crippen molar-refractivity contribution < 1.29 is 19.1 Å². The fraction of sp³-hybridized carbons (Fsp3) is 0.0870. The Morgan fingerprint density at radius 2 is 1.72 bits per heavy atom. The third-order valence-corrected chi connectivity index (χ3v) is 4.08. The number of hydrogen-bond acceptors (Lipinski definition) is 5. The van der Waals surface area contributed by atoms with Crippen LogP contribution in [0.5, 0.6) is 11.5 Å². The molecule has 0 unspecified atom stereocenters. The van der Waals surface area contributed by atoms with Gasteiger partial charge in [0.05, 0.1) is 24.5 Å². The molecular weight excluding hydrogens is 368 g/mol. The molecule has 0 bridgehead atoms. The summed E-state index contributed by atoms with van der Waals surface area (Å²) in [5.41, 5.74) is 5.07. The first-order valence-corrected chi connectivity index (χ1v) is 8.92. The van der Waals surface area contributed by atoms with Crippen molar-refractivity contribution in [3.63, 3.8) is 0 Å². The lowest BCUT2D eigenvalue weighted by Gasteiger charge is -2.06. The number of methoxy groups -OCH3 is 1. The molecule has 29 heavy (non-hydrogen) atoms. The standard InChI is InChI=1S/C23H20N2O4/c1-16-6-5-7-18(14-16)23(27)29-19-12-10-17(11-13-19)15-24-25-22(26)20-8-3-4-9-21(20)28-2/h3-15H,1-2H3,(H,25,26)/b24-15-. The summed E-state index contributed by atoms with van der Waals surface area (Å²) in [6.45, 7) is 1.91. The van der Waals surface area contributed by atoms with Crippen molar-refractivity contribution in [2.24, 2.45) is 5.10 Å². The van der Waals surface area contributed by atoms with Crippen molar-refractivity contribution in [3.8, 4) is 11.5 Å². The SMILES string of the molecule is COc1ccccc1C(=O)N/N=C\c1ccc(OC(=O)c2cccc(C)c2)cc1. The van der Waals surface area contributed by atoms with Crippen LogP contribution in [0.1, 0.15) is 31.8 Å². The summed E-state index contributed by atoms with van der Waals surface area (Å²) >= 11 is 0. The van der Waals surface area contributed by atoms with Gasteiger partial charge in [0.1, 0.15) is 11.5 Å². The molecule has 1 N–H and O–H groups in total. The average molecular weight is 388 g/mol. The van der Waals surface area contributed by atoms with E-state index < -0.39 is 5.97 Å². The van der Waals surface area contributed by atoms with Crippen LogP contribution in [-0.4, -0.2) is 25.2 Å². The number of para-hydroxylation sites is 1. The van der Waals surface area contributed by atoms with E-state index in [-0.39, 0.29) is 5.91 Å². The molecular formula is C23H20N2O4. The lowest BCUT2D eigenvalue weighted by atomic mass is 10.1. The van der Waals surface area contributed by atoms with Gasteiger partial charge in [-0.3, -0.25) is 4.79 Å². The summed E-state index contributed by atoms with van der Waals surface area (Å²) in [6, 6.07) is 20.9. The van der Waals surface area contributed by atoms with Crippen LogP contribution >= 0.6 is 0 Å². The molecule has 0 radical (unpaired) electrons. The number of esters is 1. The Bertz CT molecular complexity index is 1040. The third-order valence-electron chi connectivity index (χ3n) is 4.08. The smallest absolute Gasteiger partial charge is 0.343 e. The summed E-state index contributed by atoms with van der Waals surface area (Å²) in [6.07, 6.45) is 1.50. The first kappa shape index (κ1) is 19.8. The highest BCUT2D eigenvalue weighted by molar-refractivity contribution is 5.97. The van der Waals surface area contributed by atoms with Gasteiger partial charge >= 0.3 is 5.97 Å². The van der Waals surface area contributed by atoms with Crippen LogP contribution in [0.15, 0.2) is 77.9 Å². The van der Waals surface area contributed by atoms with Crippen LogP contribution in [0.3, 0.4) is 0 Å². The molecule has 3 aromatic rings. The van der Waals surface area contributed by atoms with E-state index >= 15 is 0 Å². The fourth-order valence-corrected chi connectivity index (χ4v) is 2.62. The van der Waals surface area contributed by atoms with E-state index in [1.54, 1.807) is 60.7 Å². The molecule has 0 fully saturated rings. The van der Waals surface area contributed by atoms with Crippen LogP contribution in [-0.2, 0) is 0 Å². The van der Waals surface area contributed by atoms with Crippen molar-refractivity contribution >= 4 is 18.1 Å². The number of hydrazone groups is 1. The van der Waals surface area contributed by atoms with Crippen molar-refractivity contribution in [1.29, 1.82) is 0 Å². The van der Waals surface area contributed by atoms with Crippen LogP contribution in [0.2, 0.25) is 0 Å². The Morgan fingerprint density at radius 1 is 0.966 bits per heavy atom. The molecule has 0 aliphatic carbocycles. The van der Waals surface area contributed by atoms with Gasteiger partial charge in [-0.15, -0.1) is 0 Å². The number of hydrogen-bond donors (Lipinski definition) is 1. The molecule has 1 amide bonds. The number of benzene rings is 3. The van der Waals surface area contributed by atoms with Crippen LogP contribution in [0.25, 0.3) is 0 Å². The number of nitrogens with zero attached hydrogens (tertiary/aromatic N) is 1. The molecule has 146 valence electrons. The largest absolute Gasteiger partial charge is 0.496 e. The number of aryl methyl sites for hydroxylation is 1. The highest BCUT2D eigenvalue weighted by Crippen LogP contribution is 2.17. The molecule has 0 saturated carbocycles. The van der Waals surface area contributed by atoms with E-state index in [2.05, 4.69) is 10.5 Å². The molecule has 0 aromatic heterocycles. The minimum atomic E-state index is -0.417. The predicted octanol–water partition coefficient (Wildman–Crippen LogP) is 3.99. The van der Waals surface area contributed by atoms with E-state index in [1.165, 1.54) is 13.3 Å². The maximum absolute atomic E-state index is 12.2. The van der Waals surface area contributed by atoms with E-state index in [9.17, 15) is 9.59 Å². The molecule has 0 spiro atoms. The van der Waals surface area contributed by atoms with Gasteiger partial charge in [0.25, 0.3) is 5.91 Å². The van der Waals surface area contributed by atoms with Crippen LogP contribution < -0.4 is 14.9 Å². The van der Waals surface area contributed by atoms with Crippen molar-refractivity contribution in [3.05, 3.63) is 95.1 Å². The van der Waals surface area contributed by atoms with Crippen molar-refractivity contribution in [2.75, 3.05) is 7.11 Å². The molecule has 6 nitrogen and oxygen atoms in total. The maximum atomic E-state index is 12.2. The Balaban J connectivity index is 1.59. The Kier molecular flexibility index (Phi) is 6.37. The van der Waals surface area contributed by atoms with Crippen molar-refractivity contribution in [2.45, 2.75) is 6.92 Å². The molecule has 0 saturated heterocycles. The zero-order chi connectivity index (χ0) is 20.6. The molecule has 0 atom stereocenters. The van der Waals surface area contributed by atoms with Gasteiger partial charge in [-0.2, -0.15) is 5.10 Å². The van der Waals surface area contributed by atoms with E-state index in [4.69, 9.17) is 9.47 Å². The number of ether oxygens (including phenoxy) is 2. The number of nitrogens with one attached hydrogen (secondary N) is 1. The van der Waals surface area contributed by atoms with Crippen LogP contribution in [0.4, 0.5) is 0 Å². The number of amides is 1. The van der Waals surface area contributed by atoms with Gasteiger partial charge in [-0.05, 0) is 61.0 Å². The van der Waals surface area contributed by atoms with E-state index in [1.807, 2.05) is 19.1 Å². The summed E-state index contributed by atoms with van der Waals surface area (Å²) in [5, 5.41) is 3.95. The van der Waals surface area contributed by atoms with Gasteiger partial charge in [0, 0.05) is 0 Å². The third kappa shape index (κ3) is 5.29. The van der Waals surface area contributed by atoms with Gasteiger partial charge in [0.2, 0.25) is 0 Å². The second-order valence-corrected chi connectivity index (χ2v) is 6.23. The molecule has 0 aliphatic rings. The Hall–Kier alpha value is -3.93. The first-order chi connectivity index (χ1) is 14.1. The first-order valence-electron chi connectivity index (χ1n) is 8.92. The lowest BCUT2D eigenvalue weighted by Crippen LogP contribution is -2.18. The zero-order valence-electron chi connectivity index (χ0n) is 16.1. The van der Waals surface area contributed by atoms with Crippen LogP contribution in [0, 0.1) is 6.92 Å². The van der Waals surface area contributed by atoms with Crippen molar-refractivity contribution in [1.82, 2.24) is 5.43 Å². The normalized spacial score (nSPS) is 10.6.